The average molecular weight is 511 g/mol. The maximum absolute atomic E-state index is 13.7. The number of esters is 1. The Morgan fingerprint density at radius 2 is 2.26 bits per heavy atom. The van der Waals surface area contributed by atoms with Gasteiger partial charge in [0.25, 0.3) is 0 Å². The minimum atomic E-state index is -1.44. The molecule has 34 heavy (non-hydrogen) atoms. The largest absolute Gasteiger partial charge is 0.507 e. The predicted molar refractivity (Wildman–Crippen MR) is 120 cm³/mol. The molecule has 3 heterocycles. The summed E-state index contributed by atoms with van der Waals surface area (Å²) in [6.07, 6.45) is -0.711. The number of carbonyl (C=O) groups is 2. The number of nitrogens with one attached hydrogen (secondary N) is 1. The molecule has 0 aliphatic carbocycles. The van der Waals surface area contributed by atoms with E-state index in [0.29, 0.717) is 35.3 Å². The highest BCUT2D eigenvalue weighted by Crippen LogP contribution is 2.37. The summed E-state index contributed by atoms with van der Waals surface area (Å²) in [6.45, 7) is 0.823. The van der Waals surface area contributed by atoms with Crippen molar-refractivity contribution < 1.29 is 33.3 Å². The van der Waals surface area contributed by atoms with Crippen LogP contribution < -0.4 is 5.32 Å². The van der Waals surface area contributed by atoms with E-state index in [0.717, 1.165) is 6.07 Å². The average Bonchev–Trinajstić information content (AvgIpc) is 3.34. The van der Waals surface area contributed by atoms with Crippen LogP contribution in [0.5, 0.6) is 0 Å². The zero-order valence-corrected chi connectivity index (χ0v) is 19.4. The number of thiazole rings is 1. The summed E-state index contributed by atoms with van der Waals surface area (Å²) in [4.78, 5) is 34.8. The molecule has 1 aromatic heterocycles. The number of hydrogen-bond donors (Lipinski definition) is 2. The number of ether oxygens (including phenoxy) is 3. The molecule has 180 valence electrons. The lowest BCUT2D eigenvalue weighted by Crippen LogP contribution is -2.50. The number of halogens is 2. The number of benzene rings is 1. The van der Waals surface area contributed by atoms with E-state index in [-0.39, 0.29) is 23.7 Å². The Hall–Kier alpha value is -3.06. The minimum absolute atomic E-state index is 0.0355. The Labute approximate surface area is 202 Å². The molecule has 2 atom stereocenters. The fourth-order valence-corrected chi connectivity index (χ4v) is 4.55. The normalized spacial score (nSPS) is 21.0. The van der Waals surface area contributed by atoms with E-state index >= 15 is 0 Å². The Balaban J connectivity index is 1.80. The SMILES string of the molecule is COC(=O)C1=C(CN2CCOC[C@@H]2OC(=O)O)NC(c2nccs2)=N[C@H]1c1ccc(F)cc1Cl. The van der Waals surface area contributed by atoms with Crippen LogP contribution in [0.2, 0.25) is 5.02 Å². The number of carboxylic acid groups (broad SMARTS) is 1. The molecule has 1 aromatic carbocycles. The maximum Gasteiger partial charge on any atom is 0.507 e. The first-order chi connectivity index (χ1) is 16.4. The van der Waals surface area contributed by atoms with Gasteiger partial charge >= 0.3 is 12.1 Å². The molecule has 0 spiro atoms. The smallest absolute Gasteiger partial charge is 0.466 e. The van der Waals surface area contributed by atoms with Crippen molar-refractivity contribution in [1.82, 2.24) is 15.2 Å². The summed E-state index contributed by atoms with van der Waals surface area (Å²) < 4.78 is 29.1. The van der Waals surface area contributed by atoms with Gasteiger partial charge < -0.3 is 24.6 Å². The third-order valence-corrected chi connectivity index (χ3v) is 6.32. The number of amidine groups is 1. The molecule has 0 radical (unpaired) electrons. The van der Waals surface area contributed by atoms with Crippen LogP contribution in [0, 0.1) is 5.82 Å². The van der Waals surface area contributed by atoms with Gasteiger partial charge in [-0.1, -0.05) is 17.7 Å². The Morgan fingerprint density at radius 1 is 1.44 bits per heavy atom. The highest BCUT2D eigenvalue weighted by atomic mass is 35.5. The summed E-state index contributed by atoms with van der Waals surface area (Å²) in [7, 11) is 1.24. The van der Waals surface area contributed by atoms with E-state index < -0.39 is 30.2 Å². The molecule has 1 fully saturated rings. The van der Waals surface area contributed by atoms with Gasteiger partial charge in [-0.3, -0.25) is 9.89 Å². The van der Waals surface area contributed by atoms with Crippen molar-refractivity contribution in [3.8, 4) is 0 Å². The van der Waals surface area contributed by atoms with Crippen molar-refractivity contribution in [3.63, 3.8) is 0 Å². The van der Waals surface area contributed by atoms with Crippen LogP contribution in [0.15, 0.2) is 46.0 Å². The molecular formula is C21H20ClFN4O6S. The van der Waals surface area contributed by atoms with Crippen LogP contribution in [-0.4, -0.2) is 72.6 Å². The second-order valence-corrected chi connectivity index (χ2v) is 8.58. The van der Waals surface area contributed by atoms with Crippen molar-refractivity contribution >= 4 is 40.9 Å². The lowest BCUT2D eigenvalue weighted by Gasteiger charge is -2.36. The molecule has 4 rings (SSSR count). The minimum Gasteiger partial charge on any atom is -0.466 e. The molecule has 1 saturated heterocycles. The van der Waals surface area contributed by atoms with Crippen LogP contribution in [0.1, 0.15) is 16.6 Å². The van der Waals surface area contributed by atoms with E-state index in [9.17, 15) is 14.0 Å². The van der Waals surface area contributed by atoms with Gasteiger partial charge in [0.15, 0.2) is 17.1 Å². The van der Waals surface area contributed by atoms with Gasteiger partial charge in [0.1, 0.15) is 11.9 Å². The molecule has 2 aliphatic heterocycles. The topological polar surface area (TPSA) is 123 Å². The fraction of sp³-hybridized carbons (Fsp3) is 0.333. The number of aliphatic imine (C=N–C) groups is 1. The monoisotopic (exact) mass is 510 g/mol. The number of rotatable bonds is 6. The molecule has 13 heteroatoms. The van der Waals surface area contributed by atoms with Crippen molar-refractivity contribution in [1.29, 1.82) is 0 Å². The van der Waals surface area contributed by atoms with Crippen LogP contribution in [0.25, 0.3) is 0 Å². The number of hydrogen-bond acceptors (Lipinski definition) is 10. The third-order valence-electron chi connectivity index (χ3n) is 5.21. The number of morpholine rings is 1. The van der Waals surface area contributed by atoms with Crippen molar-refractivity contribution in [2.24, 2.45) is 4.99 Å². The summed E-state index contributed by atoms with van der Waals surface area (Å²) in [5.74, 6) is -0.816. The van der Waals surface area contributed by atoms with Gasteiger partial charge in [-0.15, -0.1) is 11.3 Å². The van der Waals surface area contributed by atoms with Gasteiger partial charge in [0.2, 0.25) is 0 Å². The van der Waals surface area contributed by atoms with Gasteiger partial charge in [-0.2, -0.15) is 0 Å². The summed E-state index contributed by atoms with van der Waals surface area (Å²) in [5.41, 5.74) is 0.951. The van der Waals surface area contributed by atoms with Crippen molar-refractivity contribution in [3.05, 3.63) is 62.5 Å². The van der Waals surface area contributed by atoms with Crippen LogP contribution in [0.3, 0.4) is 0 Å². The van der Waals surface area contributed by atoms with E-state index in [1.165, 1.54) is 30.6 Å². The van der Waals surface area contributed by atoms with E-state index in [1.54, 1.807) is 16.5 Å². The Kier molecular flexibility index (Phi) is 7.41. The number of aromatic nitrogens is 1. The number of nitrogens with zero attached hydrogens (tertiary/aromatic N) is 3. The summed E-state index contributed by atoms with van der Waals surface area (Å²) in [6, 6.07) is 2.91. The first kappa shape index (κ1) is 24.1. The van der Waals surface area contributed by atoms with Crippen LogP contribution >= 0.6 is 22.9 Å². The van der Waals surface area contributed by atoms with Gasteiger partial charge in [-0.05, 0) is 12.1 Å². The maximum atomic E-state index is 13.7. The lowest BCUT2D eigenvalue weighted by molar-refractivity contribution is -0.136. The fourth-order valence-electron chi connectivity index (χ4n) is 3.69. The van der Waals surface area contributed by atoms with E-state index in [1.807, 2.05) is 0 Å². The van der Waals surface area contributed by atoms with Crippen molar-refractivity contribution in [2.75, 3.05) is 33.4 Å². The zero-order valence-electron chi connectivity index (χ0n) is 17.9. The molecule has 2 aromatic rings. The molecule has 0 unspecified atom stereocenters. The lowest BCUT2D eigenvalue weighted by atomic mass is 9.95. The molecule has 0 bridgehead atoms. The quantitative estimate of drug-likeness (QED) is 0.565. The Morgan fingerprint density at radius 3 is 2.94 bits per heavy atom. The van der Waals surface area contributed by atoms with E-state index in [2.05, 4.69) is 15.3 Å². The highest BCUT2D eigenvalue weighted by Gasteiger charge is 2.36. The molecule has 10 nitrogen and oxygen atoms in total. The number of methoxy groups -OCH3 is 1. The molecular weight excluding hydrogens is 491 g/mol. The summed E-state index contributed by atoms with van der Waals surface area (Å²) >= 11 is 7.67. The van der Waals surface area contributed by atoms with Crippen molar-refractivity contribution in [2.45, 2.75) is 12.3 Å². The molecule has 0 saturated carbocycles. The standard InChI is InChI=1S/C21H20ClFN4O6S/c1-31-20(28)16-14(9-27-5-6-32-10-15(27)33-21(29)30)25-18(19-24-4-7-34-19)26-17(16)12-3-2-11(23)8-13(12)22/h2-4,7-8,15,17H,5-6,9-10H2,1H3,(H,25,26)(H,29,30)/t15-,17-/m0/s1. The van der Waals surface area contributed by atoms with Gasteiger partial charge in [0.05, 0.1) is 25.9 Å². The molecule has 2 N–H and O–H groups in total. The highest BCUT2D eigenvalue weighted by molar-refractivity contribution is 7.11. The summed E-state index contributed by atoms with van der Waals surface area (Å²) in [5, 5.41) is 14.7. The predicted octanol–water partition coefficient (Wildman–Crippen LogP) is 2.81. The first-order valence-electron chi connectivity index (χ1n) is 10.1. The second-order valence-electron chi connectivity index (χ2n) is 7.28. The third kappa shape index (κ3) is 5.20. The first-order valence-corrected chi connectivity index (χ1v) is 11.4. The van der Waals surface area contributed by atoms with Gasteiger partial charge in [0, 0.05) is 40.9 Å². The zero-order chi connectivity index (χ0) is 24.2. The molecule has 0 amide bonds. The second kappa shape index (κ2) is 10.5. The van der Waals surface area contributed by atoms with E-state index in [4.69, 9.17) is 30.9 Å². The van der Waals surface area contributed by atoms with Crippen LogP contribution in [0.4, 0.5) is 9.18 Å². The Bertz CT molecular complexity index is 1140. The van der Waals surface area contributed by atoms with Crippen LogP contribution in [-0.2, 0) is 19.0 Å². The number of carbonyl (C=O) groups excluding carboxylic acids is 1. The molecule has 2 aliphatic rings. The van der Waals surface area contributed by atoms with Gasteiger partial charge in [-0.25, -0.2) is 19.0 Å².